The molecule has 2 aromatic rings. The summed E-state index contributed by atoms with van der Waals surface area (Å²) in [5.74, 6) is 0.0879. The van der Waals surface area contributed by atoms with E-state index in [4.69, 9.17) is 0 Å². The predicted octanol–water partition coefficient (Wildman–Crippen LogP) is 3.60. The van der Waals surface area contributed by atoms with Crippen LogP contribution in [0.2, 0.25) is 0 Å². The standard InChI is InChI=1S/C17H19NO/c1-12-7-5-10-16(13(12)2)17(19)14-8-6-9-15(11-14)18(3)4/h5-11H,1-4H3. The number of anilines is 1. The number of aryl methyl sites for hydroxylation is 1. The number of ketones is 1. The minimum atomic E-state index is 0.0879. The molecule has 2 nitrogen and oxygen atoms in total. The van der Waals surface area contributed by atoms with E-state index < -0.39 is 0 Å². The average molecular weight is 253 g/mol. The molecule has 0 aliphatic carbocycles. The molecule has 0 fully saturated rings. The lowest BCUT2D eigenvalue weighted by molar-refractivity contribution is 0.103. The van der Waals surface area contributed by atoms with Crippen molar-refractivity contribution in [3.8, 4) is 0 Å². The SMILES string of the molecule is Cc1cccc(C(=O)c2cccc(N(C)C)c2)c1C. The Hall–Kier alpha value is -2.09. The van der Waals surface area contributed by atoms with Gasteiger partial charge < -0.3 is 4.90 Å². The highest BCUT2D eigenvalue weighted by atomic mass is 16.1. The van der Waals surface area contributed by atoms with Crippen LogP contribution in [0, 0.1) is 13.8 Å². The van der Waals surface area contributed by atoms with Crippen LogP contribution in [0.4, 0.5) is 5.69 Å². The third kappa shape index (κ3) is 2.68. The number of benzene rings is 2. The first kappa shape index (κ1) is 13.3. The fourth-order valence-electron chi connectivity index (χ4n) is 2.08. The van der Waals surface area contributed by atoms with Crippen molar-refractivity contribution in [2.24, 2.45) is 0 Å². The molecule has 0 bridgehead atoms. The average Bonchev–Trinajstić information content (AvgIpc) is 2.41. The van der Waals surface area contributed by atoms with Gasteiger partial charge in [0.15, 0.2) is 5.78 Å². The molecule has 0 saturated heterocycles. The van der Waals surface area contributed by atoms with Gasteiger partial charge in [-0.1, -0.05) is 30.3 Å². The first-order valence-electron chi connectivity index (χ1n) is 6.39. The van der Waals surface area contributed by atoms with Gasteiger partial charge in [0, 0.05) is 30.9 Å². The number of carbonyl (C=O) groups is 1. The van der Waals surface area contributed by atoms with Gasteiger partial charge in [-0.25, -0.2) is 0 Å². The minimum absolute atomic E-state index is 0.0879. The lowest BCUT2D eigenvalue weighted by atomic mass is 9.96. The van der Waals surface area contributed by atoms with E-state index in [0.717, 1.165) is 27.9 Å². The first-order valence-corrected chi connectivity index (χ1v) is 6.39. The molecular formula is C17H19NO. The Bertz CT molecular complexity index is 614. The Morgan fingerprint density at radius 2 is 1.68 bits per heavy atom. The maximum atomic E-state index is 12.6. The van der Waals surface area contributed by atoms with E-state index >= 15 is 0 Å². The molecule has 0 aliphatic rings. The molecule has 0 spiro atoms. The normalized spacial score (nSPS) is 10.3. The molecule has 19 heavy (non-hydrogen) atoms. The molecule has 2 rings (SSSR count). The summed E-state index contributed by atoms with van der Waals surface area (Å²) in [6.07, 6.45) is 0. The molecule has 98 valence electrons. The molecule has 0 radical (unpaired) electrons. The highest BCUT2D eigenvalue weighted by molar-refractivity contribution is 6.10. The second-order valence-electron chi connectivity index (χ2n) is 5.02. The van der Waals surface area contributed by atoms with E-state index in [9.17, 15) is 4.79 Å². The summed E-state index contributed by atoms with van der Waals surface area (Å²) in [7, 11) is 3.95. The van der Waals surface area contributed by atoms with Crippen LogP contribution in [0.3, 0.4) is 0 Å². The van der Waals surface area contributed by atoms with Gasteiger partial charge in [0.2, 0.25) is 0 Å². The van der Waals surface area contributed by atoms with Crippen molar-refractivity contribution in [1.82, 2.24) is 0 Å². The van der Waals surface area contributed by atoms with E-state index in [2.05, 4.69) is 0 Å². The van der Waals surface area contributed by atoms with Crippen molar-refractivity contribution in [1.29, 1.82) is 0 Å². The zero-order valence-electron chi connectivity index (χ0n) is 11.9. The lowest BCUT2D eigenvalue weighted by Crippen LogP contribution is -2.10. The summed E-state index contributed by atoms with van der Waals surface area (Å²) in [6, 6.07) is 13.6. The Kier molecular flexibility index (Phi) is 3.70. The van der Waals surface area contributed by atoms with E-state index in [1.165, 1.54) is 0 Å². The molecule has 0 aliphatic heterocycles. The minimum Gasteiger partial charge on any atom is -0.378 e. The monoisotopic (exact) mass is 253 g/mol. The zero-order chi connectivity index (χ0) is 14.0. The Balaban J connectivity index is 2.44. The van der Waals surface area contributed by atoms with Crippen LogP contribution in [-0.4, -0.2) is 19.9 Å². The molecular weight excluding hydrogens is 234 g/mol. The van der Waals surface area contributed by atoms with E-state index in [1.807, 2.05) is 75.3 Å². The van der Waals surface area contributed by atoms with Crippen molar-refractivity contribution < 1.29 is 4.79 Å². The molecule has 0 amide bonds. The number of hydrogen-bond acceptors (Lipinski definition) is 2. The van der Waals surface area contributed by atoms with Crippen LogP contribution in [0.1, 0.15) is 27.0 Å². The van der Waals surface area contributed by atoms with E-state index in [0.29, 0.717) is 0 Å². The van der Waals surface area contributed by atoms with Gasteiger partial charge in [-0.3, -0.25) is 4.79 Å². The van der Waals surface area contributed by atoms with Gasteiger partial charge in [0.05, 0.1) is 0 Å². The van der Waals surface area contributed by atoms with Crippen LogP contribution >= 0.6 is 0 Å². The van der Waals surface area contributed by atoms with E-state index in [1.54, 1.807) is 0 Å². The summed E-state index contributed by atoms with van der Waals surface area (Å²) in [4.78, 5) is 14.6. The quantitative estimate of drug-likeness (QED) is 0.779. The van der Waals surface area contributed by atoms with Gasteiger partial charge in [-0.2, -0.15) is 0 Å². The second kappa shape index (κ2) is 5.27. The molecule has 0 saturated carbocycles. The molecule has 0 atom stereocenters. The van der Waals surface area contributed by atoms with Crippen LogP contribution in [-0.2, 0) is 0 Å². The number of hydrogen-bond donors (Lipinski definition) is 0. The maximum absolute atomic E-state index is 12.6. The number of rotatable bonds is 3. The highest BCUT2D eigenvalue weighted by Crippen LogP contribution is 2.20. The summed E-state index contributed by atoms with van der Waals surface area (Å²) in [5.41, 5.74) is 4.77. The summed E-state index contributed by atoms with van der Waals surface area (Å²) < 4.78 is 0. The Morgan fingerprint density at radius 1 is 1.00 bits per heavy atom. The third-order valence-electron chi connectivity index (χ3n) is 3.47. The highest BCUT2D eigenvalue weighted by Gasteiger charge is 2.13. The van der Waals surface area contributed by atoms with Gasteiger partial charge in [0.25, 0.3) is 0 Å². The summed E-state index contributed by atoms with van der Waals surface area (Å²) >= 11 is 0. The Morgan fingerprint density at radius 3 is 2.37 bits per heavy atom. The van der Waals surface area contributed by atoms with E-state index in [-0.39, 0.29) is 5.78 Å². The predicted molar refractivity (Wildman–Crippen MR) is 80.1 cm³/mol. The van der Waals surface area contributed by atoms with Crippen LogP contribution in [0.5, 0.6) is 0 Å². The number of carbonyl (C=O) groups excluding carboxylic acids is 1. The molecule has 0 N–H and O–H groups in total. The second-order valence-corrected chi connectivity index (χ2v) is 5.02. The molecule has 2 aromatic carbocycles. The van der Waals surface area contributed by atoms with Crippen molar-refractivity contribution >= 4 is 11.5 Å². The summed E-state index contributed by atoms with van der Waals surface area (Å²) in [6.45, 7) is 4.03. The number of nitrogens with zero attached hydrogens (tertiary/aromatic N) is 1. The van der Waals surface area contributed by atoms with Gasteiger partial charge in [0.1, 0.15) is 0 Å². The van der Waals surface area contributed by atoms with Crippen LogP contribution in [0.25, 0.3) is 0 Å². The molecule has 2 heteroatoms. The third-order valence-corrected chi connectivity index (χ3v) is 3.47. The van der Waals surface area contributed by atoms with Gasteiger partial charge in [-0.05, 0) is 37.1 Å². The van der Waals surface area contributed by atoms with Crippen molar-refractivity contribution in [2.45, 2.75) is 13.8 Å². The smallest absolute Gasteiger partial charge is 0.193 e. The van der Waals surface area contributed by atoms with Crippen molar-refractivity contribution in [3.05, 3.63) is 64.7 Å². The molecule has 0 unspecified atom stereocenters. The van der Waals surface area contributed by atoms with Gasteiger partial charge >= 0.3 is 0 Å². The van der Waals surface area contributed by atoms with Crippen LogP contribution in [0.15, 0.2) is 42.5 Å². The van der Waals surface area contributed by atoms with Crippen LogP contribution < -0.4 is 4.90 Å². The molecule has 0 heterocycles. The lowest BCUT2D eigenvalue weighted by Gasteiger charge is -2.14. The maximum Gasteiger partial charge on any atom is 0.193 e. The fraction of sp³-hybridized carbons (Fsp3) is 0.235. The van der Waals surface area contributed by atoms with Crippen molar-refractivity contribution in [3.63, 3.8) is 0 Å². The topological polar surface area (TPSA) is 20.3 Å². The molecule has 0 aromatic heterocycles. The fourth-order valence-corrected chi connectivity index (χ4v) is 2.08. The summed E-state index contributed by atoms with van der Waals surface area (Å²) in [5, 5.41) is 0. The first-order chi connectivity index (χ1) is 9.00. The Labute approximate surface area is 114 Å². The zero-order valence-corrected chi connectivity index (χ0v) is 11.9. The van der Waals surface area contributed by atoms with Crippen molar-refractivity contribution in [2.75, 3.05) is 19.0 Å². The van der Waals surface area contributed by atoms with Gasteiger partial charge in [-0.15, -0.1) is 0 Å². The largest absolute Gasteiger partial charge is 0.378 e.